The number of carbonyl (C=O) groups is 1. The molecule has 1 aliphatic heterocycles. The quantitative estimate of drug-likeness (QED) is 0.689. The van der Waals surface area contributed by atoms with Crippen molar-refractivity contribution in [2.45, 2.75) is 12.3 Å². The van der Waals surface area contributed by atoms with Crippen molar-refractivity contribution in [3.63, 3.8) is 0 Å². The highest BCUT2D eigenvalue weighted by Gasteiger charge is 2.34. The molecule has 0 bridgehead atoms. The molecule has 1 N–H and O–H groups in total. The Morgan fingerprint density at radius 1 is 1.23 bits per heavy atom. The number of carbonyl (C=O) groups excluding carboxylic acids is 1. The fraction of sp³-hybridized carbons (Fsp3) is 0.316. The predicted molar refractivity (Wildman–Crippen MR) is 108 cm³/mol. The first-order chi connectivity index (χ1) is 14.4. The normalized spacial score (nSPS) is 16.0. The van der Waals surface area contributed by atoms with E-state index in [1.165, 1.54) is 0 Å². The number of halogens is 4. The Labute approximate surface area is 181 Å². The van der Waals surface area contributed by atoms with Gasteiger partial charge >= 0.3 is 6.18 Å². The molecule has 1 aliphatic rings. The van der Waals surface area contributed by atoms with Gasteiger partial charge in [0.05, 0.1) is 29.1 Å². The van der Waals surface area contributed by atoms with E-state index in [0.717, 1.165) is 18.4 Å². The molecule has 0 radical (unpaired) electrons. The van der Waals surface area contributed by atoms with Crippen LogP contribution in [0.2, 0.25) is 5.02 Å². The summed E-state index contributed by atoms with van der Waals surface area (Å²) in [5.41, 5.74) is -1.53. The molecule has 12 heteroatoms. The van der Waals surface area contributed by atoms with Gasteiger partial charge in [0.2, 0.25) is 15.9 Å². The lowest BCUT2D eigenvalue weighted by atomic mass is 10.2. The van der Waals surface area contributed by atoms with Gasteiger partial charge in [-0.1, -0.05) is 23.7 Å². The average Bonchev–Trinajstić information content (AvgIpc) is 2.69. The van der Waals surface area contributed by atoms with Crippen LogP contribution < -0.4 is 19.1 Å². The van der Waals surface area contributed by atoms with Crippen LogP contribution in [0.25, 0.3) is 0 Å². The van der Waals surface area contributed by atoms with Crippen LogP contribution in [0.15, 0.2) is 42.5 Å². The fourth-order valence-corrected chi connectivity index (χ4v) is 3.94. The first kappa shape index (κ1) is 23.0. The third-order valence-electron chi connectivity index (χ3n) is 4.33. The number of para-hydroxylation sites is 2. The van der Waals surface area contributed by atoms with Gasteiger partial charge in [-0.05, 0) is 30.3 Å². The molecule has 0 fully saturated rings. The van der Waals surface area contributed by atoms with Crippen LogP contribution in [-0.4, -0.2) is 46.4 Å². The van der Waals surface area contributed by atoms with E-state index < -0.39 is 45.3 Å². The van der Waals surface area contributed by atoms with Crippen molar-refractivity contribution in [1.82, 2.24) is 5.32 Å². The number of hydrogen-bond acceptors (Lipinski definition) is 5. The Bertz CT molecular complexity index is 1080. The molecule has 0 aromatic heterocycles. The molecule has 1 atom stereocenters. The Hall–Kier alpha value is -2.66. The SMILES string of the molecule is CS(=O)(=O)N(CC(=O)NC[C@H]1COc2ccccc2O1)c1ccc(Cl)c(C(F)(F)F)c1. The van der Waals surface area contributed by atoms with E-state index in [9.17, 15) is 26.4 Å². The van der Waals surface area contributed by atoms with Crippen LogP contribution >= 0.6 is 11.6 Å². The summed E-state index contributed by atoms with van der Waals surface area (Å²) >= 11 is 5.58. The number of alkyl halides is 3. The molecule has 7 nitrogen and oxygen atoms in total. The van der Waals surface area contributed by atoms with Crippen molar-refractivity contribution in [2.75, 3.05) is 30.3 Å². The van der Waals surface area contributed by atoms with Crippen molar-refractivity contribution in [3.8, 4) is 11.5 Å². The number of sulfonamides is 1. The van der Waals surface area contributed by atoms with Crippen LogP contribution in [0.5, 0.6) is 11.5 Å². The molecule has 0 saturated carbocycles. The standard InChI is InChI=1S/C19H18ClF3N2O5S/c1-31(27,28)25(12-6-7-15(20)14(8-12)19(21,22)23)10-18(26)24-9-13-11-29-16-4-2-3-5-17(16)30-13/h2-8,13H,9-11H2,1H3,(H,24,26)/t13-/m0/s1. The maximum Gasteiger partial charge on any atom is 0.417 e. The molecule has 168 valence electrons. The summed E-state index contributed by atoms with van der Waals surface area (Å²) in [7, 11) is -4.07. The maximum absolute atomic E-state index is 13.1. The second kappa shape index (κ2) is 8.83. The fourth-order valence-electron chi connectivity index (χ4n) is 2.86. The van der Waals surface area contributed by atoms with E-state index in [1.54, 1.807) is 24.3 Å². The molecule has 0 spiro atoms. The van der Waals surface area contributed by atoms with Gasteiger partial charge in [-0.3, -0.25) is 9.10 Å². The first-order valence-electron chi connectivity index (χ1n) is 8.95. The Kier molecular flexibility index (Phi) is 6.56. The Morgan fingerprint density at radius 2 is 1.90 bits per heavy atom. The molecular weight excluding hydrogens is 461 g/mol. The van der Waals surface area contributed by atoms with Crippen LogP contribution in [0.4, 0.5) is 18.9 Å². The van der Waals surface area contributed by atoms with Crippen molar-refractivity contribution in [2.24, 2.45) is 0 Å². The number of ether oxygens (including phenoxy) is 2. The van der Waals surface area contributed by atoms with E-state index >= 15 is 0 Å². The average molecular weight is 479 g/mol. The van der Waals surface area contributed by atoms with Gasteiger partial charge in [0.1, 0.15) is 19.3 Å². The molecule has 0 aliphatic carbocycles. The number of nitrogens with zero attached hydrogens (tertiary/aromatic N) is 1. The summed E-state index contributed by atoms with van der Waals surface area (Å²) in [5.74, 6) is 0.347. The van der Waals surface area contributed by atoms with Gasteiger partial charge in [0.15, 0.2) is 11.5 Å². The molecule has 2 aromatic carbocycles. The maximum atomic E-state index is 13.1. The third kappa shape index (κ3) is 5.73. The zero-order valence-corrected chi connectivity index (χ0v) is 17.7. The lowest BCUT2D eigenvalue weighted by Gasteiger charge is -2.27. The lowest BCUT2D eigenvalue weighted by molar-refractivity contribution is -0.137. The highest BCUT2D eigenvalue weighted by molar-refractivity contribution is 7.92. The third-order valence-corrected chi connectivity index (χ3v) is 5.80. The second-order valence-corrected chi connectivity index (χ2v) is 9.05. The molecule has 0 unspecified atom stereocenters. The Balaban J connectivity index is 1.69. The highest BCUT2D eigenvalue weighted by atomic mass is 35.5. The van der Waals surface area contributed by atoms with Gasteiger partial charge in [-0.15, -0.1) is 0 Å². The number of anilines is 1. The lowest BCUT2D eigenvalue weighted by Crippen LogP contribution is -2.45. The van der Waals surface area contributed by atoms with E-state index in [0.29, 0.717) is 21.9 Å². The van der Waals surface area contributed by atoms with E-state index in [1.807, 2.05) is 0 Å². The van der Waals surface area contributed by atoms with E-state index in [-0.39, 0.29) is 18.8 Å². The van der Waals surface area contributed by atoms with Crippen LogP contribution in [0.3, 0.4) is 0 Å². The van der Waals surface area contributed by atoms with Gasteiger partial charge in [-0.2, -0.15) is 13.2 Å². The van der Waals surface area contributed by atoms with Crippen LogP contribution in [0.1, 0.15) is 5.56 Å². The zero-order valence-electron chi connectivity index (χ0n) is 16.1. The number of rotatable bonds is 6. The second-order valence-electron chi connectivity index (χ2n) is 6.73. The topological polar surface area (TPSA) is 84.9 Å². The van der Waals surface area contributed by atoms with Crippen molar-refractivity contribution >= 4 is 33.2 Å². The molecule has 3 rings (SSSR count). The molecule has 2 aromatic rings. The minimum Gasteiger partial charge on any atom is -0.486 e. The minimum absolute atomic E-state index is 0.0131. The summed E-state index contributed by atoms with van der Waals surface area (Å²) in [4.78, 5) is 12.3. The number of benzene rings is 2. The molecular formula is C19H18ClF3N2O5S. The number of amides is 1. The minimum atomic E-state index is -4.78. The van der Waals surface area contributed by atoms with Crippen molar-refractivity contribution in [3.05, 3.63) is 53.1 Å². The van der Waals surface area contributed by atoms with Gasteiger partial charge in [-0.25, -0.2) is 8.42 Å². The van der Waals surface area contributed by atoms with Crippen LogP contribution in [-0.2, 0) is 21.0 Å². The summed E-state index contributed by atoms with van der Waals surface area (Å²) in [6.45, 7) is -0.541. The molecule has 31 heavy (non-hydrogen) atoms. The van der Waals surface area contributed by atoms with Crippen molar-refractivity contribution in [1.29, 1.82) is 0 Å². The first-order valence-corrected chi connectivity index (χ1v) is 11.2. The van der Waals surface area contributed by atoms with E-state index in [2.05, 4.69) is 5.32 Å². The summed E-state index contributed by atoms with van der Waals surface area (Å²) in [6, 6.07) is 9.59. The van der Waals surface area contributed by atoms with E-state index in [4.69, 9.17) is 21.1 Å². The number of hydrogen-bond donors (Lipinski definition) is 1. The number of fused-ring (bicyclic) bond motifs is 1. The molecule has 1 amide bonds. The Morgan fingerprint density at radius 3 is 2.55 bits per heavy atom. The largest absolute Gasteiger partial charge is 0.486 e. The zero-order chi connectivity index (χ0) is 22.8. The molecule has 1 heterocycles. The van der Waals surface area contributed by atoms with Gasteiger partial charge in [0.25, 0.3) is 0 Å². The monoisotopic (exact) mass is 478 g/mol. The predicted octanol–water partition coefficient (Wildman–Crippen LogP) is 3.08. The summed E-state index contributed by atoms with van der Waals surface area (Å²) < 4.78 is 75.5. The molecule has 0 saturated heterocycles. The van der Waals surface area contributed by atoms with Gasteiger partial charge in [0, 0.05) is 0 Å². The van der Waals surface area contributed by atoms with Gasteiger partial charge < -0.3 is 14.8 Å². The van der Waals surface area contributed by atoms with Crippen molar-refractivity contribution < 1.29 is 35.9 Å². The summed E-state index contributed by atoms with van der Waals surface area (Å²) in [5, 5.41) is 1.93. The number of nitrogens with one attached hydrogen (secondary N) is 1. The van der Waals surface area contributed by atoms with Crippen LogP contribution in [0, 0.1) is 0 Å². The summed E-state index contributed by atoms with van der Waals surface area (Å²) in [6.07, 6.45) is -4.51. The highest BCUT2D eigenvalue weighted by Crippen LogP contribution is 2.37. The smallest absolute Gasteiger partial charge is 0.417 e.